The summed E-state index contributed by atoms with van der Waals surface area (Å²) in [5.74, 6) is 0. The van der Waals surface area contributed by atoms with E-state index in [1.54, 1.807) is 11.3 Å². The second-order valence-corrected chi connectivity index (χ2v) is 8.12. The molecule has 0 unspecified atom stereocenters. The van der Waals surface area contributed by atoms with Crippen molar-refractivity contribution in [3.05, 3.63) is 77.4 Å². The highest BCUT2D eigenvalue weighted by Crippen LogP contribution is 2.35. The SMILES string of the molecule is Cc1ccncc1-c1ccc2[nH]nc(-c3cc4c(-c5ccsc5)nccc4[nH]3)c2c1. The minimum atomic E-state index is 0.904. The maximum atomic E-state index is 4.62. The molecule has 6 aromatic rings. The summed E-state index contributed by atoms with van der Waals surface area (Å²) in [5.41, 5.74) is 9.52. The number of rotatable bonds is 3. The number of hydrogen-bond acceptors (Lipinski definition) is 4. The first-order valence-corrected chi connectivity index (χ1v) is 10.6. The van der Waals surface area contributed by atoms with E-state index < -0.39 is 0 Å². The van der Waals surface area contributed by atoms with Gasteiger partial charge in [0, 0.05) is 51.4 Å². The van der Waals surface area contributed by atoms with Gasteiger partial charge in [0.15, 0.2) is 0 Å². The van der Waals surface area contributed by atoms with Crippen molar-refractivity contribution < 1.29 is 0 Å². The van der Waals surface area contributed by atoms with Crippen molar-refractivity contribution in [3.8, 4) is 33.8 Å². The quantitative estimate of drug-likeness (QED) is 0.367. The number of benzene rings is 1. The predicted octanol–water partition coefficient (Wildman–Crippen LogP) is 6.21. The average Bonchev–Trinajstić information content (AvgIpc) is 3.51. The zero-order chi connectivity index (χ0) is 20.1. The van der Waals surface area contributed by atoms with Crippen molar-refractivity contribution in [2.75, 3.05) is 0 Å². The minimum absolute atomic E-state index is 0.904. The monoisotopic (exact) mass is 407 g/mol. The molecule has 2 N–H and O–H groups in total. The summed E-state index contributed by atoms with van der Waals surface area (Å²) >= 11 is 1.68. The zero-order valence-electron chi connectivity index (χ0n) is 16.2. The molecule has 0 aliphatic heterocycles. The molecule has 0 atom stereocenters. The van der Waals surface area contributed by atoms with Crippen LogP contribution in [0.1, 0.15) is 5.56 Å². The van der Waals surface area contributed by atoms with Crippen molar-refractivity contribution >= 4 is 33.1 Å². The topological polar surface area (TPSA) is 70.2 Å². The highest BCUT2D eigenvalue weighted by Gasteiger charge is 2.15. The van der Waals surface area contributed by atoms with Crippen molar-refractivity contribution in [2.45, 2.75) is 6.92 Å². The third-order valence-electron chi connectivity index (χ3n) is 5.51. The van der Waals surface area contributed by atoms with E-state index >= 15 is 0 Å². The van der Waals surface area contributed by atoms with Gasteiger partial charge in [0.2, 0.25) is 0 Å². The molecule has 6 rings (SSSR count). The summed E-state index contributed by atoms with van der Waals surface area (Å²) in [7, 11) is 0. The van der Waals surface area contributed by atoms with E-state index in [4.69, 9.17) is 0 Å². The van der Waals surface area contributed by atoms with Crippen LogP contribution in [0.3, 0.4) is 0 Å². The highest BCUT2D eigenvalue weighted by molar-refractivity contribution is 7.08. The van der Waals surface area contributed by atoms with Gasteiger partial charge >= 0.3 is 0 Å². The molecule has 0 saturated heterocycles. The van der Waals surface area contributed by atoms with E-state index in [1.165, 1.54) is 5.56 Å². The molecule has 30 heavy (non-hydrogen) atoms. The summed E-state index contributed by atoms with van der Waals surface area (Å²) in [6, 6.07) is 14.7. The molecule has 5 nitrogen and oxygen atoms in total. The summed E-state index contributed by atoms with van der Waals surface area (Å²) in [6.07, 6.45) is 5.59. The third-order valence-corrected chi connectivity index (χ3v) is 6.19. The van der Waals surface area contributed by atoms with Crippen molar-refractivity contribution in [1.29, 1.82) is 0 Å². The van der Waals surface area contributed by atoms with Crippen LogP contribution in [-0.4, -0.2) is 25.1 Å². The predicted molar refractivity (Wildman–Crippen MR) is 122 cm³/mol. The van der Waals surface area contributed by atoms with Crippen molar-refractivity contribution in [2.24, 2.45) is 0 Å². The Hall–Kier alpha value is -3.77. The minimum Gasteiger partial charge on any atom is -0.353 e. The Kier molecular flexibility index (Phi) is 3.79. The average molecular weight is 408 g/mol. The van der Waals surface area contributed by atoms with Gasteiger partial charge in [-0.05, 0) is 59.8 Å². The number of nitrogens with zero attached hydrogens (tertiary/aromatic N) is 3. The van der Waals surface area contributed by atoms with Gasteiger partial charge in [-0.25, -0.2) is 0 Å². The maximum absolute atomic E-state index is 4.62. The van der Waals surface area contributed by atoms with Crippen LogP contribution >= 0.6 is 11.3 Å². The molecule has 1 aromatic carbocycles. The van der Waals surface area contributed by atoms with E-state index in [0.29, 0.717) is 0 Å². The second kappa shape index (κ2) is 6.64. The van der Waals surface area contributed by atoms with Crippen molar-refractivity contribution in [1.82, 2.24) is 25.1 Å². The van der Waals surface area contributed by atoms with Gasteiger partial charge in [-0.3, -0.25) is 15.1 Å². The molecular formula is C24H17N5S. The Balaban J connectivity index is 1.53. The van der Waals surface area contributed by atoms with Crippen LogP contribution in [0.5, 0.6) is 0 Å². The molecule has 0 saturated carbocycles. The molecule has 0 amide bonds. The Morgan fingerprint density at radius 2 is 1.80 bits per heavy atom. The number of thiophene rings is 1. The van der Waals surface area contributed by atoms with E-state index in [2.05, 4.69) is 73.2 Å². The van der Waals surface area contributed by atoms with Gasteiger partial charge in [-0.15, -0.1) is 0 Å². The third kappa shape index (κ3) is 2.65. The lowest BCUT2D eigenvalue weighted by Crippen LogP contribution is -1.85. The van der Waals surface area contributed by atoms with Crippen LogP contribution in [0.4, 0.5) is 0 Å². The van der Waals surface area contributed by atoms with Crippen molar-refractivity contribution in [3.63, 3.8) is 0 Å². The second-order valence-electron chi connectivity index (χ2n) is 7.34. The van der Waals surface area contributed by atoms with E-state index in [0.717, 1.165) is 55.6 Å². The summed E-state index contributed by atoms with van der Waals surface area (Å²) in [5, 5.41) is 14.2. The fraction of sp³-hybridized carbons (Fsp3) is 0.0417. The number of aromatic amines is 2. The number of aryl methyl sites for hydroxylation is 1. The number of nitrogens with one attached hydrogen (secondary N) is 2. The molecule has 5 aromatic heterocycles. The van der Waals surface area contributed by atoms with E-state index in [9.17, 15) is 0 Å². The number of pyridine rings is 2. The molecular weight excluding hydrogens is 390 g/mol. The van der Waals surface area contributed by atoms with Crippen LogP contribution in [0.15, 0.2) is 71.8 Å². The highest BCUT2D eigenvalue weighted by atomic mass is 32.1. The van der Waals surface area contributed by atoms with Crippen LogP contribution < -0.4 is 0 Å². The molecule has 0 radical (unpaired) electrons. The smallest absolute Gasteiger partial charge is 0.116 e. The van der Waals surface area contributed by atoms with Gasteiger partial charge in [-0.2, -0.15) is 16.4 Å². The molecule has 6 heteroatoms. The first-order chi connectivity index (χ1) is 14.8. The summed E-state index contributed by atoms with van der Waals surface area (Å²) in [4.78, 5) is 12.5. The van der Waals surface area contributed by atoms with Crippen LogP contribution in [0.2, 0.25) is 0 Å². The standard InChI is InChI=1S/C24H17N5S/c1-14-4-7-25-12-19(14)15-2-3-21-17(10-15)24(29-28-21)22-11-18-20(27-22)5-8-26-23(18)16-6-9-30-13-16/h2-13,27H,1H3,(H,28,29). The molecule has 0 aliphatic carbocycles. The van der Waals surface area contributed by atoms with Gasteiger partial charge in [0.1, 0.15) is 5.69 Å². The van der Waals surface area contributed by atoms with Gasteiger partial charge in [0.05, 0.1) is 16.9 Å². The molecule has 0 bridgehead atoms. The Labute approximate surface area is 176 Å². The maximum Gasteiger partial charge on any atom is 0.116 e. The lowest BCUT2D eigenvalue weighted by molar-refractivity contribution is 1.12. The molecule has 0 aliphatic rings. The van der Waals surface area contributed by atoms with E-state index in [1.807, 2.05) is 30.7 Å². The van der Waals surface area contributed by atoms with Gasteiger partial charge in [-0.1, -0.05) is 6.07 Å². The van der Waals surface area contributed by atoms with Gasteiger partial charge < -0.3 is 4.98 Å². The first-order valence-electron chi connectivity index (χ1n) is 9.68. The normalized spacial score (nSPS) is 11.5. The number of H-pyrrole nitrogens is 2. The van der Waals surface area contributed by atoms with E-state index in [-0.39, 0.29) is 0 Å². The fourth-order valence-electron chi connectivity index (χ4n) is 3.96. The number of hydrogen-bond donors (Lipinski definition) is 2. The number of fused-ring (bicyclic) bond motifs is 2. The number of aromatic nitrogens is 5. The zero-order valence-corrected chi connectivity index (χ0v) is 17.0. The lowest BCUT2D eigenvalue weighted by Gasteiger charge is -2.05. The largest absolute Gasteiger partial charge is 0.353 e. The van der Waals surface area contributed by atoms with Crippen LogP contribution in [0, 0.1) is 6.92 Å². The molecule has 0 fully saturated rings. The lowest BCUT2D eigenvalue weighted by atomic mass is 10.0. The van der Waals surface area contributed by atoms with Gasteiger partial charge in [0.25, 0.3) is 0 Å². The molecule has 0 spiro atoms. The summed E-state index contributed by atoms with van der Waals surface area (Å²) < 4.78 is 0. The molecule has 5 heterocycles. The summed E-state index contributed by atoms with van der Waals surface area (Å²) in [6.45, 7) is 2.11. The van der Waals surface area contributed by atoms with Crippen LogP contribution in [0.25, 0.3) is 55.6 Å². The Bertz CT molecular complexity index is 1510. The fourth-order valence-corrected chi connectivity index (χ4v) is 4.60. The molecule has 144 valence electrons. The van der Waals surface area contributed by atoms with Crippen LogP contribution in [-0.2, 0) is 0 Å². The Morgan fingerprint density at radius 1 is 0.867 bits per heavy atom. The Morgan fingerprint density at radius 3 is 2.67 bits per heavy atom. The first kappa shape index (κ1) is 17.1.